The summed E-state index contributed by atoms with van der Waals surface area (Å²) in [6, 6.07) is 6.65. The zero-order chi connectivity index (χ0) is 19.3. The third kappa shape index (κ3) is 3.39. The first kappa shape index (κ1) is 17.9. The van der Waals surface area contributed by atoms with Crippen LogP contribution in [0.25, 0.3) is 22.1 Å². The molecule has 7 heteroatoms. The maximum Gasteiger partial charge on any atom is 0.293 e. The van der Waals surface area contributed by atoms with E-state index in [0.29, 0.717) is 40.5 Å². The van der Waals surface area contributed by atoms with Crippen molar-refractivity contribution in [3.05, 3.63) is 46.6 Å². The summed E-state index contributed by atoms with van der Waals surface area (Å²) in [5.74, 6) is 1.78. The van der Waals surface area contributed by atoms with E-state index in [-0.39, 0.29) is 16.0 Å². The normalized spacial score (nSPS) is 14.6. The van der Waals surface area contributed by atoms with E-state index in [0.717, 1.165) is 12.8 Å². The van der Waals surface area contributed by atoms with Gasteiger partial charge in [0.2, 0.25) is 0 Å². The molecule has 0 N–H and O–H groups in total. The average molecular weight is 387 g/mol. The number of benzene rings is 1. The summed E-state index contributed by atoms with van der Waals surface area (Å²) < 4.78 is 37.2. The van der Waals surface area contributed by atoms with Crippen LogP contribution in [0.4, 0.5) is 0 Å². The number of fused-ring (bicyclic) bond motifs is 1. The van der Waals surface area contributed by atoms with Crippen molar-refractivity contribution < 1.29 is 17.6 Å². The molecule has 1 fully saturated rings. The quantitative estimate of drug-likeness (QED) is 0.671. The van der Waals surface area contributed by atoms with Gasteiger partial charge in [-0.25, -0.2) is 8.42 Å². The molecule has 0 amide bonds. The number of furan rings is 1. The van der Waals surface area contributed by atoms with Crippen LogP contribution in [0.15, 0.2) is 44.6 Å². The molecule has 2 aromatic heterocycles. The highest BCUT2D eigenvalue weighted by molar-refractivity contribution is 7.90. The maximum atomic E-state index is 12.4. The van der Waals surface area contributed by atoms with E-state index in [1.165, 1.54) is 10.8 Å². The SMILES string of the molecule is Cc1cc2c(-c3cc(S(C)(=O)=O)ccc3OCC3CC3)cn(C)c(=O)c2o1. The first-order valence-corrected chi connectivity index (χ1v) is 10.7. The van der Waals surface area contributed by atoms with E-state index in [9.17, 15) is 13.2 Å². The van der Waals surface area contributed by atoms with Gasteiger partial charge in [-0.1, -0.05) is 0 Å². The Hall–Kier alpha value is -2.54. The minimum atomic E-state index is -3.38. The van der Waals surface area contributed by atoms with Crippen molar-refractivity contribution in [1.29, 1.82) is 0 Å². The minimum Gasteiger partial charge on any atom is -0.493 e. The standard InChI is InChI=1S/C20H21NO5S/c1-12-8-16-17(10-21(2)20(22)19(16)26-12)15-9-14(27(3,23)24)6-7-18(15)25-11-13-4-5-13/h6-10,13H,4-5,11H2,1-3H3. The van der Waals surface area contributed by atoms with E-state index >= 15 is 0 Å². The molecule has 0 bridgehead atoms. The Balaban J connectivity index is 1.97. The van der Waals surface area contributed by atoms with Crippen molar-refractivity contribution in [3.8, 4) is 16.9 Å². The summed E-state index contributed by atoms with van der Waals surface area (Å²) >= 11 is 0. The molecular weight excluding hydrogens is 366 g/mol. The number of ether oxygens (including phenoxy) is 1. The Morgan fingerprint density at radius 2 is 1.96 bits per heavy atom. The molecular formula is C20H21NO5S. The second-order valence-corrected chi connectivity index (χ2v) is 9.26. The number of aromatic nitrogens is 1. The Bertz CT molecular complexity index is 1200. The second kappa shape index (κ2) is 6.27. The van der Waals surface area contributed by atoms with E-state index < -0.39 is 9.84 Å². The van der Waals surface area contributed by atoms with Gasteiger partial charge < -0.3 is 13.7 Å². The van der Waals surface area contributed by atoms with Gasteiger partial charge in [0, 0.05) is 36.0 Å². The van der Waals surface area contributed by atoms with Gasteiger partial charge in [0.15, 0.2) is 15.4 Å². The molecule has 1 aromatic carbocycles. The molecule has 0 saturated heterocycles. The molecule has 0 spiro atoms. The van der Waals surface area contributed by atoms with Crippen LogP contribution in [0.2, 0.25) is 0 Å². The molecule has 0 aliphatic heterocycles. The number of rotatable bonds is 5. The van der Waals surface area contributed by atoms with Crippen LogP contribution in [0, 0.1) is 12.8 Å². The van der Waals surface area contributed by atoms with Gasteiger partial charge in [0.1, 0.15) is 11.5 Å². The largest absolute Gasteiger partial charge is 0.493 e. The van der Waals surface area contributed by atoms with Crippen molar-refractivity contribution in [2.45, 2.75) is 24.7 Å². The lowest BCUT2D eigenvalue weighted by molar-refractivity contribution is 0.301. The number of nitrogens with zero attached hydrogens (tertiary/aromatic N) is 1. The lowest BCUT2D eigenvalue weighted by atomic mass is 10.0. The van der Waals surface area contributed by atoms with Crippen molar-refractivity contribution >= 4 is 20.8 Å². The molecule has 0 radical (unpaired) electrons. The van der Waals surface area contributed by atoms with Crippen LogP contribution >= 0.6 is 0 Å². The summed E-state index contributed by atoms with van der Waals surface area (Å²) in [7, 11) is -1.74. The van der Waals surface area contributed by atoms with Crippen molar-refractivity contribution in [1.82, 2.24) is 4.57 Å². The number of pyridine rings is 1. The molecule has 0 unspecified atom stereocenters. The molecule has 142 valence electrons. The molecule has 6 nitrogen and oxygen atoms in total. The van der Waals surface area contributed by atoms with Crippen LogP contribution < -0.4 is 10.3 Å². The molecule has 0 atom stereocenters. The lowest BCUT2D eigenvalue weighted by Gasteiger charge is -2.14. The Morgan fingerprint density at radius 3 is 2.63 bits per heavy atom. The van der Waals surface area contributed by atoms with Crippen LogP contribution in [-0.2, 0) is 16.9 Å². The van der Waals surface area contributed by atoms with E-state index in [1.54, 1.807) is 44.4 Å². The third-order valence-corrected chi connectivity index (χ3v) is 5.93. The molecule has 2 heterocycles. The van der Waals surface area contributed by atoms with Crippen molar-refractivity contribution in [2.24, 2.45) is 13.0 Å². The summed E-state index contributed by atoms with van der Waals surface area (Å²) in [4.78, 5) is 12.6. The smallest absolute Gasteiger partial charge is 0.293 e. The minimum absolute atomic E-state index is 0.207. The van der Waals surface area contributed by atoms with Gasteiger partial charge in [-0.3, -0.25) is 4.79 Å². The van der Waals surface area contributed by atoms with Crippen LogP contribution in [0.5, 0.6) is 5.75 Å². The molecule has 4 rings (SSSR count). The highest BCUT2D eigenvalue weighted by atomic mass is 32.2. The number of hydrogen-bond acceptors (Lipinski definition) is 5. The fourth-order valence-electron chi connectivity index (χ4n) is 3.14. The van der Waals surface area contributed by atoms with Crippen LogP contribution in [0.3, 0.4) is 0 Å². The fraction of sp³-hybridized carbons (Fsp3) is 0.350. The lowest BCUT2D eigenvalue weighted by Crippen LogP contribution is -2.16. The van der Waals surface area contributed by atoms with Gasteiger partial charge >= 0.3 is 0 Å². The van der Waals surface area contributed by atoms with Gasteiger partial charge in [-0.2, -0.15) is 0 Å². The summed E-state index contributed by atoms with van der Waals surface area (Å²) in [6.07, 6.45) is 5.18. The molecule has 1 aliphatic rings. The Labute approximate surface area is 157 Å². The van der Waals surface area contributed by atoms with E-state index in [2.05, 4.69) is 0 Å². The fourth-order valence-corrected chi connectivity index (χ4v) is 3.79. The number of sulfone groups is 1. The monoisotopic (exact) mass is 387 g/mol. The highest BCUT2D eigenvalue weighted by Crippen LogP contribution is 2.38. The zero-order valence-corrected chi connectivity index (χ0v) is 16.3. The van der Waals surface area contributed by atoms with Gasteiger partial charge in [-0.05, 0) is 49.9 Å². The van der Waals surface area contributed by atoms with E-state index in [4.69, 9.17) is 9.15 Å². The van der Waals surface area contributed by atoms with Gasteiger partial charge in [-0.15, -0.1) is 0 Å². The summed E-state index contributed by atoms with van der Waals surface area (Å²) in [5.41, 5.74) is 1.37. The van der Waals surface area contributed by atoms with Gasteiger partial charge in [0.25, 0.3) is 5.56 Å². The molecule has 27 heavy (non-hydrogen) atoms. The van der Waals surface area contributed by atoms with Crippen LogP contribution in [0.1, 0.15) is 18.6 Å². The summed E-state index contributed by atoms with van der Waals surface area (Å²) in [6.45, 7) is 2.38. The third-order valence-electron chi connectivity index (χ3n) is 4.82. The predicted octanol–water partition coefficient (Wildman–Crippen LogP) is 3.30. The van der Waals surface area contributed by atoms with Crippen LogP contribution in [-0.4, -0.2) is 25.8 Å². The highest BCUT2D eigenvalue weighted by Gasteiger charge is 2.24. The average Bonchev–Trinajstić information content (AvgIpc) is 3.35. The topological polar surface area (TPSA) is 78.5 Å². The van der Waals surface area contributed by atoms with Gasteiger partial charge in [0.05, 0.1) is 11.5 Å². The second-order valence-electron chi connectivity index (χ2n) is 7.24. The maximum absolute atomic E-state index is 12.4. The van der Waals surface area contributed by atoms with Crippen molar-refractivity contribution in [2.75, 3.05) is 12.9 Å². The molecule has 1 aliphatic carbocycles. The summed E-state index contributed by atoms with van der Waals surface area (Å²) in [5, 5.41) is 0.650. The zero-order valence-electron chi connectivity index (χ0n) is 15.5. The Kier molecular flexibility index (Phi) is 4.14. The Morgan fingerprint density at radius 1 is 1.22 bits per heavy atom. The number of hydrogen-bond donors (Lipinski definition) is 0. The number of aryl methyl sites for hydroxylation is 2. The first-order chi connectivity index (χ1) is 12.7. The molecule has 3 aromatic rings. The predicted molar refractivity (Wildman–Crippen MR) is 103 cm³/mol. The molecule has 1 saturated carbocycles. The first-order valence-electron chi connectivity index (χ1n) is 8.81. The van der Waals surface area contributed by atoms with E-state index in [1.807, 2.05) is 0 Å². The van der Waals surface area contributed by atoms with Crippen molar-refractivity contribution in [3.63, 3.8) is 0 Å².